The summed E-state index contributed by atoms with van der Waals surface area (Å²) in [4.78, 5) is 25.5. The van der Waals surface area contributed by atoms with Crippen molar-refractivity contribution in [3.63, 3.8) is 0 Å². The number of aliphatic hydroxyl groups is 2. The molecule has 0 heterocycles. The Balaban J connectivity index is 1.83. The molecule has 2 aromatic rings. The number of ether oxygens (including phenoxy) is 1. The van der Waals surface area contributed by atoms with Crippen LogP contribution in [0.1, 0.15) is 30.9 Å². The van der Waals surface area contributed by atoms with Crippen molar-refractivity contribution in [3.05, 3.63) is 65.5 Å². The summed E-state index contributed by atoms with van der Waals surface area (Å²) in [5.74, 6) is -0.577. The van der Waals surface area contributed by atoms with E-state index in [9.17, 15) is 14.0 Å². The van der Waals surface area contributed by atoms with E-state index in [-0.39, 0.29) is 31.3 Å². The summed E-state index contributed by atoms with van der Waals surface area (Å²) < 4.78 is 18.2. The summed E-state index contributed by atoms with van der Waals surface area (Å²) in [6, 6.07) is 12.6. The van der Waals surface area contributed by atoms with Gasteiger partial charge in [-0.25, -0.2) is 9.18 Å². The minimum absolute atomic E-state index is 0.0206. The van der Waals surface area contributed by atoms with Gasteiger partial charge >= 0.3 is 6.09 Å². The van der Waals surface area contributed by atoms with Gasteiger partial charge < -0.3 is 25.2 Å². The standard InChI is InChI=1S/C22H27FN2O5/c1-2-3-12-25(14-21(27)28)22(29)30-15-17-6-10-19(11-7-17)24-20(26)13-16-4-8-18(23)9-5-16/h4-11,21,27-28H,2-3,12-15H2,1H3,(H,24,26). The Morgan fingerprint density at radius 3 is 2.30 bits per heavy atom. The molecule has 3 N–H and O–H groups in total. The van der Waals surface area contributed by atoms with Gasteiger partial charge in [0.15, 0.2) is 6.29 Å². The number of hydrogen-bond acceptors (Lipinski definition) is 5. The fraction of sp³-hybridized carbons (Fsp3) is 0.364. The number of nitrogens with zero attached hydrogens (tertiary/aromatic N) is 1. The molecule has 30 heavy (non-hydrogen) atoms. The molecule has 7 nitrogen and oxygen atoms in total. The second-order valence-electron chi connectivity index (χ2n) is 6.88. The molecule has 2 aromatic carbocycles. The number of nitrogens with one attached hydrogen (secondary N) is 1. The zero-order valence-corrected chi connectivity index (χ0v) is 16.9. The van der Waals surface area contributed by atoms with Crippen LogP contribution in [0.5, 0.6) is 0 Å². The molecule has 0 aromatic heterocycles. The topological polar surface area (TPSA) is 99.1 Å². The largest absolute Gasteiger partial charge is 0.445 e. The van der Waals surface area contributed by atoms with Crippen LogP contribution in [-0.2, 0) is 22.6 Å². The number of carbonyl (C=O) groups is 2. The quantitative estimate of drug-likeness (QED) is 0.515. The number of carbonyl (C=O) groups excluding carboxylic acids is 2. The number of anilines is 1. The van der Waals surface area contributed by atoms with Gasteiger partial charge in [-0.15, -0.1) is 0 Å². The van der Waals surface area contributed by atoms with Crippen molar-refractivity contribution in [3.8, 4) is 0 Å². The normalized spacial score (nSPS) is 10.7. The molecule has 0 aliphatic carbocycles. The Hall–Kier alpha value is -2.97. The predicted octanol–water partition coefficient (Wildman–Crippen LogP) is 3.06. The number of benzene rings is 2. The zero-order chi connectivity index (χ0) is 21.9. The van der Waals surface area contributed by atoms with Crippen molar-refractivity contribution < 1.29 is 28.9 Å². The van der Waals surface area contributed by atoms with E-state index >= 15 is 0 Å². The Morgan fingerprint density at radius 1 is 1.07 bits per heavy atom. The molecule has 2 amide bonds. The first kappa shape index (κ1) is 23.3. The van der Waals surface area contributed by atoms with Crippen LogP contribution in [0.15, 0.2) is 48.5 Å². The van der Waals surface area contributed by atoms with Gasteiger partial charge in [0.2, 0.25) is 5.91 Å². The van der Waals surface area contributed by atoms with Gasteiger partial charge in [0, 0.05) is 12.2 Å². The predicted molar refractivity (Wildman–Crippen MR) is 110 cm³/mol. The highest BCUT2D eigenvalue weighted by Crippen LogP contribution is 2.13. The lowest BCUT2D eigenvalue weighted by molar-refractivity contribution is -0.115. The van der Waals surface area contributed by atoms with Gasteiger partial charge in [0.25, 0.3) is 0 Å². The van der Waals surface area contributed by atoms with E-state index in [1.54, 1.807) is 36.4 Å². The molecule has 0 saturated carbocycles. The van der Waals surface area contributed by atoms with E-state index in [2.05, 4.69) is 5.32 Å². The van der Waals surface area contributed by atoms with Gasteiger partial charge in [0.1, 0.15) is 12.4 Å². The van der Waals surface area contributed by atoms with Crippen molar-refractivity contribution in [2.45, 2.75) is 39.1 Å². The molecule has 0 spiro atoms. The van der Waals surface area contributed by atoms with Crippen molar-refractivity contribution in [1.29, 1.82) is 0 Å². The SMILES string of the molecule is CCCCN(CC(O)O)C(=O)OCc1ccc(NC(=O)Cc2ccc(F)cc2)cc1. The lowest BCUT2D eigenvalue weighted by Crippen LogP contribution is -2.38. The highest BCUT2D eigenvalue weighted by molar-refractivity contribution is 5.92. The molecule has 0 saturated heterocycles. The molecule has 0 atom stereocenters. The number of halogens is 1. The molecule has 0 aliphatic heterocycles. The first-order valence-electron chi connectivity index (χ1n) is 9.78. The average Bonchev–Trinajstić information content (AvgIpc) is 2.71. The second kappa shape index (κ2) is 11.9. The van der Waals surface area contributed by atoms with E-state index in [0.29, 0.717) is 17.8 Å². The second-order valence-corrected chi connectivity index (χ2v) is 6.88. The van der Waals surface area contributed by atoms with Crippen LogP contribution in [0.4, 0.5) is 14.9 Å². The molecule has 0 aliphatic rings. The first-order valence-corrected chi connectivity index (χ1v) is 9.78. The van der Waals surface area contributed by atoms with Crippen molar-refractivity contribution in [1.82, 2.24) is 4.90 Å². The van der Waals surface area contributed by atoms with E-state index in [1.165, 1.54) is 17.0 Å². The molecule has 2 rings (SSSR count). The van der Waals surface area contributed by atoms with Crippen LogP contribution in [0.3, 0.4) is 0 Å². The number of aliphatic hydroxyl groups excluding tert-OH is 1. The molecule has 0 unspecified atom stereocenters. The van der Waals surface area contributed by atoms with Gasteiger partial charge in [-0.2, -0.15) is 0 Å². The molecular formula is C22H27FN2O5. The molecule has 0 fully saturated rings. The van der Waals surface area contributed by atoms with Gasteiger partial charge in [-0.1, -0.05) is 37.6 Å². The number of rotatable bonds is 10. The third-order valence-corrected chi connectivity index (χ3v) is 4.30. The summed E-state index contributed by atoms with van der Waals surface area (Å²) in [7, 11) is 0. The smallest absolute Gasteiger partial charge is 0.410 e. The number of hydrogen-bond donors (Lipinski definition) is 3. The van der Waals surface area contributed by atoms with Crippen LogP contribution in [-0.4, -0.2) is 46.5 Å². The summed E-state index contributed by atoms with van der Waals surface area (Å²) in [5, 5.41) is 21.0. The Bertz CT molecular complexity index is 809. The first-order chi connectivity index (χ1) is 14.4. The molecule has 8 heteroatoms. The number of amides is 2. The van der Waals surface area contributed by atoms with Crippen molar-refractivity contribution >= 4 is 17.7 Å². The Kier molecular flexibility index (Phi) is 9.24. The van der Waals surface area contributed by atoms with E-state index in [1.807, 2.05) is 6.92 Å². The van der Waals surface area contributed by atoms with Crippen LogP contribution in [0.2, 0.25) is 0 Å². The summed E-state index contributed by atoms with van der Waals surface area (Å²) >= 11 is 0. The van der Waals surface area contributed by atoms with Crippen molar-refractivity contribution in [2.24, 2.45) is 0 Å². The highest BCUT2D eigenvalue weighted by Gasteiger charge is 2.17. The summed E-state index contributed by atoms with van der Waals surface area (Å²) in [5.41, 5.74) is 2.02. The van der Waals surface area contributed by atoms with Gasteiger partial charge in [-0.3, -0.25) is 4.79 Å². The fourth-order valence-corrected chi connectivity index (χ4v) is 2.72. The maximum absolute atomic E-state index is 12.9. The minimum Gasteiger partial charge on any atom is -0.445 e. The van der Waals surface area contributed by atoms with Gasteiger partial charge in [-0.05, 0) is 41.8 Å². The maximum Gasteiger partial charge on any atom is 0.410 e. The molecule has 162 valence electrons. The number of unbranched alkanes of at least 4 members (excludes halogenated alkanes) is 1. The Morgan fingerprint density at radius 2 is 1.70 bits per heavy atom. The lowest BCUT2D eigenvalue weighted by Gasteiger charge is -2.22. The lowest BCUT2D eigenvalue weighted by atomic mass is 10.1. The highest BCUT2D eigenvalue weighted by atomic mass is 19.1. The monoisotopic (exact) mass is 418 g/mol. The van der Waals surface area contributed by atoms with E-state index < -0.39 is 12.4 Å². The van der Waals surface area contributed by atoms with Gasteiger partial charge in [0.05, 0.1) is 13.0 Å². The van der Waals surface area contributed by atoms with Crippen LogP contribution >= 0.6 is 0 Å². The van der Waals surface area contributed by atoms with Crippen LogP contribution in [0, 0.1) is 5.82 Å². The zero-order valence-electron chi connectivity index (χ0n) is 16.9. The molecule has 0 bridgehead atoms. The summed E-state index contributed by atoms with van der Waals surface area (Å²) in [6.45, 7) is 2.16. The third kappa shape index (κ3) is 8.18. The fourth-order valence-electron chi connectivity index (χ4n) is 2.72. The third-order valence-electron chi connectivity index (χ3n) is 4.30. The van der Waals surface area contributed by atoms with Crippen LogP contribution < -0.4 is 5.32 Å². The molecular weight excluding hydrogens is 391 g/mol. The Labute approximate surface area is 175 Å². The van der Waals surface area contributed by atoms with E-state index in [4.69, 9.17) is 14.9 Å². The average molecular weight is 418 g/mol. The van der Waals surface area contributed by atoms with Crippen LogP contribution in [0.25, 0.3) is 0 Å². The van der Waals surface area contributed by atoms with Crippen molar-refractivity contribution in [2.75, 3.05) is 18.4 Å². The summed E-state index contributed by atoms with van der Waals surface area (Å²) in [6.07, 6.45) is -0.516. The maximum atomic E-state index is 12.9. The molecule has 0 radical (unpaired) electrons. The minimum atomic E-state index is -1.62. The van der Waals surface area contributed by atoms with E-state index in [0.717, 1.165) is 18.4 Å².